The lowest BCUT2D eigenvalue weighted by Crippen LogP contribution is -1.90. The van der Waals surface area contributed by atoms with Crippen molar-refractivity contribution in [2.24, 2.45) is 0 Å². The number of furan rings is 1. The number of hydrogen-bond donors (Lipinski definition) is 1. The summed E-state index contributed by atoms with van der Waals surface area (Å²) in [5.41, 5.74) is 6.25. The van der Waals surface area contributed by atoms with Crippen LogP contribution in [0.15, 0.2) is 99.8 Å². The summed E-state index contributed by atoms with van der Waals surface area (Å²) in [6.45, 7) is 0. The number of oxazole rings is 1. The summed E-state index contributed by atoms with van der Waals surface area (Å²) >= 11 is 0. The van der Waals surface area contributed by atoms with E-state index in [-0.39, 0.29) is 0 Å². The van der Waals surface area contributed by atoms with Crippen molar-refractivity contribution in [1.29, 1.82) is 0 Å². The molecule has 0 saturated heterocycles. The molecule has 4 heteroatoms. The van der Waals surface area contributed by atoms with Gasteiger partial charge in [-0.2, -0.15) is 0 Å². The summed E-state index contributed by atoms with van der Waals surface area (Å²) in [6.07, 6.45) is 0. The van der Waals surface area contributed by atoms with Gasteiger partial charge in [-0.25, -0.2) is 4.98 Å². The van der Waals surface area contributed by atoms with Gasteiger partial charge in [-0.05, 0) is 48.5 Å². The van der Waals surface area contributed by atoms with Crippen LogP contribution in [0.25, 0.3) is 44.5 Å². The van der Waals surface area contributed by atoms with Crippen LogP contribution in [-0.2, 0) is 0 Å². The third-order valence-electron chi connectivity index (χ3n) is 5.11. The Morgan fingerprint density at radius 2 is 1.38 bits per heavy atom. The molecule has 29 heavy (non-hydrogen) atoms. The molecule has 0 unspecified atom stereocenters. The molecule has 0 radical (unpaired) electrons. The summed E-state index contributed by atoms with van der Waals surface area (Å²) in [6, 6.07) is 30.1. The van der Waals surface area contributed by atoms with Gasteiger partial charge in [0, 0.05) is 22.0 Å². The number of fused-ring (bicyclic) bond motifs is 4. The lowest BCUT2D eigenvalue weighted by atomic mass is 10.1. The lowest BCUT2D eigenvalue weighted by molar-refractivity contribution is 0.620. The topological polar surface area (TPSA) is 51.2 Å². The number of benzene rings is 4. The molecule has 6 aromatic rings. The van der Waals surface area contributed by atoms with Crippen LogP contribution >= 0.6 is 0 Å². The molecule has 138 valence electrons. The van der Waals surface area contributed by atoms with Crippen LogP contribution in [0.2, 0.25) is 0 Å². The third kappa shape index (κ3) is 2.65. The largest absolute Gasteiger partial charge is 0.454 e. The number of nitrogens with one attached hydrogen (secondary N) is 1. The van der Waals surface area contributed by atoms with Crippen molar-refractivity contribution in [3.63, 3.8) is 0 Å². The minimum atomic E-state index is 0.622. The van der Waals surface area contributed by atoms with Crippen LogP contribution in [-0.4, -0.2) is 4.98 Å². The Morgan fingerprint density at radius 1 is 0.621 bits per heavy atom. The van der Waals surface area contributed by atoms with Crippen molar-refractivity contribution < 1.29 is 8.83 Å². The molecule has 0 aliphatic heterocycles. The van der Waals surface area contributed by atoms with Gasteiger partial charge >= 0.3 is 0 Å². The molecule has 6 rings (SSSR count). The van der Waals surface area contributed by atoms with E-state index in [9.17, 15) is 0 Å². The van der Waals surface area contributed by atoms with Crippen molar-refractivity contribution in [2.45, 2.75) is 0 Å². The molecule has 4 aromatic carbocycles. The number of para-hydroxylation sites is 4. The minimum Gasteiger partial charge on any atom is -0.454 e. The third-order valence-corrected chi connectivity index (χ3v) is 5.11. The highest BCUT2D eigenvalue weighted by Crippen LogP contribution is 2.35. The van der Waals surface area contributed by atoms with E-state index in [0.717, 1.165) is 50.0 Å². The quantitative estimate of drug-likeness (QED) is 0.357. The number of aromatic nitrogens is 1. The molecule has 0 aliphatic rings. The minimum absolute atomic E-state index is 0.622. The zero-order chi connectivity index (χ0) is 19.2. The Morgan fingerprint density at radius 3 is 2.24 bits per heavy atom. The smallest absolute Gasteiger partial charge is 0.227 e. The van der Waals surface area contributed by atoms with Gasteiger partial charge in [-0.3, -0.25) is 0 Å². The van der Waals surface area contributed by atoms with E-state index in [4.69, 9.17) is 8.83 Å². The number of nitrogens with zero attached hydrogens (tertiary/aromatic N) is 1. The van der Waals surface area contributed by atoms with Crippen LogP contribution in [0.3, 0.4) is 0 Å². The van der Waals surface area contributed by atoms with Gasteiger partial charge in [0.2, 0.25) is 5.89 Å². The van der Waals surface area contributed by atoms with Crippen molar-refractivity contribution in [3.8, 4) is 11.5 Å². The Kier molecular flexibility index (Phi) is 3.43. The summed E-state index contributed by atoms with van der Waals surface area (Å²) in [7, 11) is 0. The first kappa shape index (κ1) is 16.0. The number of rotatable bonds is 3. The monoisotopic (exact) mass is 376 g/mol. The molecule has 0 fully saturated rings. The second-order valence-electron chi connectivity index (χ2n) is 6.97. The van der Waals surface area contributed by atoms with Gasteiger partial charge in [-0.1, -0.05) is 42.5 Å². The van der Waals surface area contributed by atoms with Crippen LogP contribution < -0.4 is 5.32 Å². The molecule has 0 bridgehead atoms. The molecule has 2 heterocycles. The number of hydrogen-bond acceptors (Lipinski definition) is 4. The highest BCUT2D eigenvalue weighted by atomic mass is 16.3. The second-order valence-corrected chi connectivity index (χ2v) is 6.97. The molecule has 0 aliphatic carbocycles. The van der Waals surface area contributed by atoms with Crippen molar-refractivity contribution in [3.05, 3.63) is 91.0 Å². The first-order valence-corrected chi connectivity index (χ1v) is 9.48. The fraction of sp³-hybridized carbons (Fsp3) is 0. The van der Waals surface area contributed by atoms with E-state index in [2.05, 4.69) is 22.4 Å². The lowest BCUT2D eigenvalue weighted by Gasteiger charge is -2.07. The SMILES string of the molecule is c1ccc2oc(-c3ccc(Nc4cccc5c4oc4ccccc45)cc3)nc2c1. The molecule has 2 aromatic heterocycles. The summed E-state index contributed by atoms with van der Waals surface area (Å²) in [4.78, 5) is 4.56. The Bertz CT molecular complexity index is 1440. The van der Waals surface area contributed by atoms with Crippen molar-refractivity contribution in [2.75, 3.05) is 5.32 Å². The highest BCUT2D eigenvalue weighted by molar-refractivity contribution is 6.09. The first-order chi connectivity index (χ1) is 14.3. The Hall–Kier alpha value is -4.05. The van der Waals surface area contributed by atoms with Gasteiger partial charge in [0.05, 0.1) is 5.69 Å². The van der Waals surface area contributed by atoms with E-state index in [1.165, 1.54) is 0 Å². The maximum absolute atomic E-state index is 6.10. The van der Waals surface area contributed by atoms with Crippen LogP contribution in [0.4, 0.5) is 11.4 Å². The fourth-order valence-corrected chi connectivity index (χ4v) is 3.69. The molecule has 4 nitrogen and oxygen atoms in total. The zero-order valence-corrected chi connectivity index (χ0v) is 15.4. The average molecular weight is 376 g/mol. The zero-order valence-electron chi connectivity index (χ0n) is 15.4. The molecular weight excluding hydrogens is 360 g/mol. The van der Waals surface area contributed by atoms with E-state index >= 15 is 0 Å². The predicted molar refractivity (Wildman–Crippen MR) is 116 cm³/mol. The standard InChI is InChI=1S/C25H16N2O2/c1-3-10-22-18(6-1)19-7-5-9-21(24(19)28-22)26-17-14-12-16(13-15-17)25-27-20-8-2-4-11-23(20)29-25/h1-15,26H. The van der Waals surface area contributed by atoms with E-state index in [0.29, 0.717) is 5.89 Å². The maximum atomic E-state index is 6.10. The Labute approximate surface area is 166 Å². The van der Waals surface area contributed by atoms with Crippen molar-refractivity contribution >= 4 is 44.4 Å². The van der Waals surface area contributed by atoms with Crippen LogP contribution in [0, 0.1) is 0 Å². The first-order valence-electron chi connectivity index (χ1n) is 9.48. The van der Waals surface area contributed by atoms with Gasteiger partial charge in [0.1, 0.15) is 11.1 Å². The van der Waals surface area contributed by atoms with Crippen LogP contribution in [0.1, 0.15) is 0 Å². The summed E-state index contributed by atoms with van der Waals surface area (Å²) < 4.78 is 12.0. The van der Waals surface area contributed by atoms with Crippen LogP contribution in [0.5, 0.6) is 0 Å². The van der Waals surface area contributed by atoms with E-state index < -0.39 is 0 Å². The fourth-order valence-electron chi connectivity index (χ4n) is 3.69. The second kappa shape index (κ2) is 6.24. The van der Waals surface area contributed by atoms with E-state index in [1.54, 1.807) is 0 Å². The molecule has 0 spiro atoms. The van der Waals surface area contributed by atoms with Gasteiger partial charge < -0.3 is 14.2 Å². The summed E-state index contributed by atoms with van der Waals surface area (Å²) in [5, 5.41) is 5.70. The van der Waals surface area contributed by atoms with E-state index in [1.807, 2.05) is 78.9 Å². The molecule has 1 N–H and O–H groups in total. The maximum Gasteiger partial charge on any atom is 0.227 e. The molecular formula is C25H16N2O2. The van der Waals surface area contributed by atoms with Gasteiger partial charge in [0.25, 0.3) is 0 Å². The highest BCUT2D eigenvalue weighted by Gasteiger charge is 2.11. The predicted octanol–water partition coefficient (Wildman–Crippen LogP) is 7.14. The van der Waals surface area contributed by atoms with Gasteiger partial charge in [0.15, 0.2) is 11.2 Å². The average Bonchev–Trinajstić information content (AvgIpc) is 3.36. The Balaban J connectivity index is 1.35. The molecule has 0 atom stereocenters. The number of anilines is 2. The molecule has 0 amide bonds. The normalized spacial score (nSPS) is 11.4. The summed E-state index contributed by atoms with van der Waals surface area (Å²) in [5.74, 6) is 0.622. The van der Waals surface area contributed by atoms with Crippen molar-refractivity contribution in [1.82, 2.24) is 4.98 Å². The molecule has 0 saturated carbocycles. The van der Waals surface area contributed by atoms with Gasteiger partial charge in [-0.15, -0.1) is 0 Å².